The van der Waals surface area contributed by atoms with E-state index in [0.717, 1.165) is 36.2 Å². The van der Waals surface area contributed by atoms with Gasteiger partial charge in [0.2, 0.25) is 0 Å². The van der Waals surface area contributed by atoms with Crippen LogP contribution in [-0.4, -0.2) is 23.8 Å². The minimum atomic E-state index is 0. The summed E-state index contributed by atoms with van der Waals surface area (Å²) < 4.78 is 0. The maximum absolute atomic E-state index is 7.87. The molecule has 0 aromatic heterocycles. The predicted octanol–water partition coefficient (Wildman–Crippen LogP) is 5.60. The standard InChI is InChI=1S/C15H18N2.C12H13N.2Y/c1-4-15(16)17-9-12(3)14(10-17)13-8-6-5-7-11(13)2;1-9-5-3-4-6-11(9)12-8-13-7-10(12)2;;/h5-8,12,16H,2,4,9H2,1,3H3;3-6,10,13H,1,7H2,2H3;;/q2*-2;;. The molecule has 2 unspecified atom stereocenters. The number of nitrogens with zero attached hydrogens (tertiary/aromatic N) is 1. The molecule has 0 spiro atoms. The average Bonchev–Trinajstić information content (AvgIpc) is 3.34. The summed E-state index contributed by atoms with van der Waals surface area (Å²) in [4.78, 5) is 1.92. The molecule has 2 N–H and O–H groups in total. The van der Waals surface area contributed by atoms with E-state index in [1.54, 1.807) is 0 Å². The van der Waals surface area contributed by atoms with Crippen molar-refractivity contribution in [3.05, 3.63) is 97.0 Å². The Morgan fingerprint density at radius 3 is 1.97 bits per heavy atom. The van der Waals surface area contributed by atoms with Gasteiger partial charge in [0, 0.05) is 84.3 Å². The van der Waals surface area contributed by atoms with Crippen molar-refractivity contribution in [2.24, 2.45) is 11.8 Å². The van der Waals surface area contributed by atoms with Gasteiger partial charge in [0.05, 0.1) is 0 Å². The SMILES string of the molecule is [CH2-]c1ccccc1C1=[C-]N(C(=N)CC)CC1C.[CH2-]c1ccccc1C1=[C-]NCC1C.[Y].[Y]. The van der Waals surface area contributed by atoms with E-state index in [-0.39, 0.29) is 65.4 Å². The number of nitrogens with one attached hydrogen (secondary N) is 2. The molecule has 2 atom stereocenters. The van der Waals surface area contributed by atoms with Gasteiger partial charge in [-0.1, -0.05) is 39.1 Å². The van der Waals surface area contributed by atoms with E-state index in [0.29, 0.717) is 17.7 Å². The predicted molar refractivity (Wildman–Crippen MR) is 126 cm³/mol. The van der Waals surface area contributed by atoms with Crippen molar-refractivity contribution in [2.45, 2.75) is 27.2 Å². The first-order chi connectivity index (χ1) is 14.4. The third kappa shape index (κ3) is 7.07. The van der Waals surface area contributed by atoms with Crippen molar-refractivity contribution in [3.63, 3.8) is 0 Å². The summed E-state index contributed by atoms with van der Waals surface area (Å²) in [6, 6.07) is 16.3. The van der Waals surface area contributed by atoms with Crippen molar-refractivity contribution in [3.8, 4) is 0 Å². The average molecular weight is 575 g/mol. The Balaban J connectivity index is 0.000000310. The molecular formula is C27H31N3Y2-4. The van der Waals surface area contributed by atoms with Gasteiger partial charge < -0.3 is 15.6 Å². The van der Waals surface area contributed by atoms with Crippen LogP contribution in [0.1, 0.15) is 49.4 Å². The van der Waals surface area contributed by atoms with Crippen molar-refractivity contribution >= 4 is 17.0 Å². The number of hydrogen-bond acceptors (Lipinski definition) is 2. The van der Waals surface area contributed by atoms with Crippen LogP contribution in [0.5, 0.6) is 0 Å². The summed E-state index contributed by atoms with van der Waals surface area (Å²) in [5.41, 5.74) is 6.93. The fourth-order valence-electron chi connectivity index (χ4n) is 3.78. The number of benzene rings is 2. The maximum Gasteiger partial charge on any atom is 0.00442 e. The minimum Gasteiger partial charge on any atom is -0.476 e. The Morgan fingerprint density at radius 2 is 1.50 bits per heavy atom. The summed E-state index contributed by atoms with van der Waals surface area (Å²) >= 11 is 0. The Morgan fingerprint density at radius 1 is 0.969 bits per heavy atom. The number of hydrogen-bond donors (Lipinski definition) is 2. The molecule has 2 aliphatic heterocycles. The van der Waals surface area contributed by atoms with Crippen molar-refractivity contribution in [2.75, 3.05) is 13.1 Å². The molecule has 32 heavy (non-hydrogen) atoms. The summed E-state index contributed by atoms with van der Waals surface area (Å²) in [5, 5.41) is 11.0. The van der Waals surface area contributed by atoms with Gasteiger partial charge in [0.25, 0.3) is 0 Å². The van der Waals surface area contributed by atoms with Gasteiger partial charge in [0.1, 0.15) is 0 Å². The topological polar surface area (TPSA) is 39.1 Å². The second kappa shape index (κ2) is 13.8. The van der Waals surface area contributed by atoms with Gasteiger partial charge in [0.15, 0.2) is 0 Å². The van der Waals surface area contributed by atoms with Gasteiger partial charge >= 0.3 is 0 Å². The minimum absolute atomic E-state index is 0. The second-order valence-corrected chi connectivity index (χ2v) is 7.97. The Labute approximate surface area is 244 Å². The van der Waals surface area contributed by atoms with Gasteiger partial charge in [-0.2, -0.15) is 42.0 Å². The number of amidine groups is 1. The molecule has 0 saturated carbocycles. The monoisotopic (exact) mass is 575 g/mol. The first-order valence-corrected chi connectivity index (χ1v) is 10.6. The van der Waals surface area contributed by atoms with Crippen LogP contribution in [0.4, 0.5) is 0 Å². The van der Waals surface area contributed by atoms with E-state index < -0.39 is 0 Å². The summed E-state index contributed by atoms with van der Waals surface area (Å²) in [6.45, 7) is 16.3. The van der Waals surface area contributed by atoms with Crippen LogP contribution in [0.15, 0.2) is 48.5 Å². The smallest absolute Gasteiger partial charge is 0.00442 e. The van der Waals surface area contributed by atoms with Crippen LogP contribution >= 0.6 is 0 Å². The fraction of sp³-hybridized carbons (Fsp3) is 0.296. The van der Waals surface area contributed by atoms with Crippen molar-refractivity contribution < 1.29 is 65.4 Å². The van der Waals surface area contributed by atoms with Crippen molar-refractivity contribution in [1.82, 2.24) is 10.2 Å². The van der Waals surface area contributed by atoms with Crippen LogP contribution in [0.2, 0.25) is 0 Å². The molecule has 2 aromatic carbocycles. The number of rotatable bonds is 3. The van der Waals surface area contributed by atoms with E-state index in [1.807, 2.05) is 48.2 Å². The molecule has 2 aliphatic rings. The van der Waals surface area contributed by atoms with Crippen LogP contribution < -0.4 is 5.32 Å². The fourth-order valence-corrected chi connectivity index (χ4v) is 3.78. The maximum atomic E-state index is 7.87. The molecule has 0 amide bonds. The van der Waals surface area contributed by atoms with E-state index in [4.69, 9.17) is 5.41 Å². The molecule has 2 aromatic rings. The third-order valence-electron chi connectivity index (χ3n) is 5.60. The zero-order valence-electron chi connectivity index (χ0n) is 19.4. The van der Waals surface area contributed by atoms with E-state index in [1.165, 1.54) is 16.7 Å². The molecule has 164 valence electrons. The quantitative estimate of drug-likeness (QED) is 0.284. The zero-order valence-corrected chi connectivity index (χ0v) is 25.1. The van der Waals surface area contributed by atoms with E-state index >= 15 is 0 Å². The Hall–Kier alpha value is -0.862. The van der Waals surface area contributed by atoms with Gasteiger partial charge in [-0.15, -0.1) is 35.4 Å². The zero-order chi connectivity index (χ0) is 21.7. The van der Waals surface area contributed by atoms with Gasteiger partial charge in [-0.3, -0.25) is 0 Å². The molecule has 0 bridgehead atoms. The molecule has 0 fully saturated rings. The Bertz CT molecular complexity index is 965. The first-order valence-electron chi connectivity index (χ1n) is 10.6. The first kappa shape index (κ1) is 29.2. The second-order valence-electron chi connectivity index (χ2n) is 7.97. The van der Waals surface area contributed by atoms with Crippen molar-refractivity contribution in [1.29, 1.82) is 5.41 Å². The van der Waals surface area contributed by atoms with Gasteiger partial charge in [-0.25, -0.2) is 12.5 Å². The molecule has 4 rings (SSSR count). The van der Waals surface area contributed by atoms with E-state index in [9.17, 15) is 0 Å². The van der Waals surface area contributed by atoms with Gasteiger partial charge in [-0.05, 0) is 18.3 Å². The molecule has 0 aliphatic carbocycles. The molecule has 0 saturated heterocycles. The van der Waals surface area contributed by atoms with Crippen LogP contribution in [0.25, 0.3) is 11.1 Å². The largest absolute Gasteiger partial charge is 0.476 e. The summed E-state index contributed by atoms with van der Waals surface area (Å²) in [5.74, 6) is 1.58. The summed E-state index contributed by atoms with van der Waals surface area (Å²) in [7, 11) is 0. The molecule has 5 heteroatoms. The van der Waals surface area contributed by atoms with Crippen LogP contribution in [0.3, 0.4) is 0 Å². The Kier molecular flexibility index (Phi) is 12.5. The van der Waals surface area contributed by atoms with E-state index in [2.05, 4.69) is 57.5 Å². The molecule has 2 heterocycles. The third-order valence-corrected chi connectivity index (χ3v) is 5.60. The molecule has 2 radical (unpaired) electrons. The normalized spacial score (nSPS) is 18.8. The van der Waals surface area contributed by atoms with Crippen LogP contribution in [-0.2, 0) is 65.4 Å². The molecular weight excluding hydrogens is 544 g/mol. The van der Waals surface area contributed by atoms with Crippen LogP contribution in [0, 0.1) is 43.5 Å². The molecule has 3 nitrogen and oxygen atoms in total. The summed E-state index contributed by atoms with van der Waals surface area (Å²) in [6.07, 6.45) is 7.27.